The Morgan fingerprint density at radius 2 is 1.87 bits per heavy atom. The highest BCUT2D eigenvalue weighted by molar-refractivity contribution is 7.90. The topological polar surface area (TPSA) is 101 Å². The summed E-state index contributed by atoms with van der Waals surface area (Å²) in [7, 11) is -3.85. The van der Waals surface area contributed by atoms with Crippen molar-refractivity contribution in [2.24, 2.45) is 11.7 Å². The number of benzene rings is 1. The molecular weight excluding hydrogens is 314 g/mol. The number of nitrogens with two attached hydrogens (primary N) is 1. The standard InChI is InChI=1S/C16H23N3O3S/c17-14-7-12-5-6-15(9-13(12)8-14)23(21,22)19-16(20)18-10-11-3-1-2-4-11/h5-6,9,11,14H,1-4,7-8,10,17H2,(H2,18,19,20). The Morgan fingerprint density at radius 1 is 1.17 bits per heavy atom. The van der Waals surface area contributed by atoms with Crippen molar-refractivity contribution in [3.8, 4) is 0 Å². The average molecular weight is 337 g/mol. The van der Waals surface area contributed by atoms with Gasteiger partial charge in [-0.15, -0.1) is 0 Å². The molecule has 1 atom stereocenters. The van der Waals surface area contributed by atoms with Crippen molar-refractivity contribution >= 4 is 16.1 Å². The van der Waals surface area contributed by atoms with Gasteiger partial charge < -0.3 is 11.1 Å². The van der Waals surface area contributed by atoms with Gasteiger partial charge in [0.05, 0.1) is 4.90 Å². The van der Waals surface area contributed by atoms with Gasteiger partial charge in [0.15, 0.2) is 0 Å². The lowest BCUT2D eigenvalue weighted by atomic mass is 10.1. The molecule has 1 aromatic rings. The molecule has 0 saturated heterocycles. The Bertz CT molecular complexity index is 697. The van der Waals surface area contributed by atoms with Gasteiger partial charge in [0.25, 0.3) is 10.0 Å². The van der Waals surface area contributed by atoms with Crippen LogP contribution in [0, 0.1) is 5.92 Å². The van der Waals surface area contributed by atoms with E-state index in [4.69, 9.17) is 5.73 Å². The largest absolute Gasteiger partial charge is 0.337 e. The van der Waals surface area contributed by atoms with Crippen LogP contribution in [-0.2, 0) is 22.9 Å². The summed E-state index contributed by atoms with van der Waals surface area (Å²) in [5, 5.41) is 2.66. The van der Waals surface area contributed by atoms with E-state index in [2.05, 4.69) is 10.0 Å². The molecule has 6 nitrogen and oxygen atoms in total. The lowest BCUT2D eigenvalue weighted by molar-refractivity contribution is 0.244. The van der Waals surface area contributed by atoms with E-state index in [9.17, 15) is 13.2 Å². The van der Waals surface area contributed by atoms with Gasteiger partial charge in [-0.05, 0) is 54.9 Å². The Kier molecular flexibility index (Phi) is 4.59. The zero-order chi connectivity index (χ0) is 16.4. The summed E-state index contributed by atoms with van der Waals surface area (Å²) in [4.78, 5) is 12.0. The van der Waals surface area contributed by atoms with Crippen molar-refractivity contribution in [1.29, 1.82) is 0 Å². The number of rotatable bonds is 4. The maximum absolute atomic E-state index is 12.3. The van der Waals surface area contributed by atoms with E-state index in [1.807, 2.05) is 0 Å². The molecule has 23 heavy (non-hydrogen) atoms. The zero-order valence-corrected chi connectivity index (χ0v) is 13.9. The third-order valence-corrected chi connectivity index (χ3v) is 6.03. The van der Waals surface area contributed by atoms with E-state index in [0.717, 1.165) is 30.4 Å². The van der Waals surface area contributed by atoms with Crippen LogP contribution in [-0.4, -0.2) is 27.0 Å². The first-order valence-corrected chi connectivity index (χ1v) is 9.60. The molecule has 7 heteroatoms. The third-order valence-electron chi connectivity index (χ3n) is 4.71. The molecule has 3 rings (SSSR count). The predicted octanol–water partition coefficient (Wildman–Crippen LogP) is 1.29. The molecule has 1 saturated carbocycles. The minimum Gasteiger partial charge on any atom is -0.337 e. The number of sulfonamides is 1. The quantitative estimate of drug-likeness (QED) is 0.770. The highest BCUT2D eigenvalue weighted by atomic mass is 32.2. The van der Waals surface area contributed by atoms with Gasteiger partial charge in [0.2, 0.25) is 0 Å². The number of carbonyl (C=O) groups is 1. The molecule has 0 radical (unpaired) electrons. The monoisotopic (exact) mass is 337 g/mol. The number of urea groups is 1. The molecule has 2 amide bonds. The van der Waals surface area contributed by atoms with E-state index >= 15 is 0 Å². The molecule has 1 unspecified atom stereocenters. The second-order valence-corrected chi connectivity index (χ2v) is 8.25. The van der Waals surface area contributed by atoms with Crippen LogP contribution in [0.4, 0.5) is 4.79 Å². The van der Waals surface area contributed by atoms with Crippen molar-refractivity contribution in [2.45, 2.75) is 49.5 Å². The van der Waals surface area contributed by atoms with E-state index in [0.29, 0.717) is 18.9 Å². The Balaban J connectivity index is 1.62. The summed E-state index contributed by atoms with van der Waals surface area (Å²) in [5.41, 5.74) is 7.93. The Morgan fingerprint density at radius 3 is 2.61 bits per heavy atom. The molecule has 0 heterocycles. The molecule has 0 spiro atoms. The fourth-order valence-corrected chi connectivity index (χ4v) is 4.44. The van der Waals surface area contributed by atoms with Crippen molar-refractivity contribution in [1.82, 2.24) is 10.0 Å². The Hall–Kier alpha value is -1.60. The van der Waals surface area contributed by atoms with Crippen molar-refractivity contribution in [3.63, 3.8) is 0 Å². The highest BCUT2D eigenvalue weighted by Gasteiger charge is 2.23. The minimum atomic E-state index is -3.85. The van der Waals surface area contributed by atoms with Crippen LogP contribution < -0.4 is 15.8 Å². The predicted molar refractivity (Wildman–Crippen MR) is 87.5 cm³/mol. The number of carbonyl (C=O) groups excluding carboxylic acids is 1. The van der Waals surface area contributed by atoms with Crippen LogP contribution in [0.3, 0.4) is 0 Å². The van der Waals surface area contributed by atoms with E-state index in [-0.39, 0.29) is 10.9 Å². The van der Waals surface area contributed by atoms with Gasteiger partial charge in [0, 0.05) is 12.6 Å². The van der Waals surface area contributed by atoms with Crippen molar-refractivity contribution in [2.75, 3.05) is 6.54 Å². The van der Waals surface area contributed by atoms with Crippen LogP contribution >= 0.6 is 0 Å². The lowest BCUT2D eigenvalue weighted by Gasteiger charge is -2.12. The summed E-state index contributed by atoms with van der Waals surface area (Å²) >= 11 is 0. The van der Waals surface area contributed by atoms with Crippen LogP contribution in [0.25, 0.3) is 0 Å². The fraction of sp³-hybridized carbons (Fsp3) is 0.562. The summed E-state index contributed by atoms with van der Waals surface area (Å²) in [6.07, 6.45) is 6.00. The smallest absolute Gasteiger partial charge is 0.328 e. The highest BCUT2D eigenvalue weighted by Crippen LogP contribution is 2.25. The number of nitrogens with one attached hydrogen (secondary N) is 2. The normalized spacial score (nSPS) is 21.2. The second-order valence-electron chi connectivity index (χ2n) is 6.56. The number of fused-ring (bicyclic) bond motifs is 1. The Labute approximate surface area is 136 Å². The second kappa shape index (κ2) is 6.49. The zero-order valence-electron chi connectivity index (χ0n) is 13.0. The molecule has 0 aromatic heterocycles. The van der Waals surface area contributed by atoms with Crippen molar-refractivity contribution in [3.05, 3.63) is 29.3 Å². The van der Waals surface area contributed by atoms with Gasteiger partial charge in [-0.3, -0.25) is 0 Å². The average Bonchev–Trinajstić information content (AvgIpc) is 3.11. The van der Waals surface area contributed by atoms with Gasteiger partial charge in [-0.25, -0.2) is 17.9 Å². The summed E-state index contributed by atoms with van der Waals surface area (Å²) < 4.78 is 26.7. The van der Waals surface area contributed by atoms with Gasteiger partial charge in [0.1, 0.15) is 0 Å². The van der Waals surface area contributed by atoms with Crippen LogP contribution in [0.2, 0.25) is 0 Å². The molecule has 2 aliphatic carbocycles. The van der Waals surface area contributed by atoms with E-state index in [1.165, 1.54) is 18.9 Å². The molecule has 0 aliphatic heterocycles. The lowest BCUT2D eigenvalue weighted by Crippen LogP contribution is -2.41. The SMILES string of the molecule is NC1Cc2ccc(S(=O)(=O)NC(=O)NCC3CCCC3)cc2C1. The summed E-state index contributed by atoms with van der Waals surface area (Å²) in [6, 6.07) is 4.32. The summed E-state index contributed by atoms with van der Waals surface area (Å²) in [6.45, 7) is 0.528. The van der Waals surface area contributed by atoms with E-state index in [1.54, 1.807) is 12.1 Å². The summed E-state index contributed by atoms with van der Waals surface area (Å²) in [5.74, 6) is 0.463. The van der Waals surface area contributed by atoms with Crippen molar-refractivity contribution < 1.29 is 13.2 Å². The van der Waals surface area contributed by atoms with Crippen LogP contribution in [0.1, 0.15) is 36.8 Å². The number of hydrogen-bond acceptors (Lipinski definition) is 4. The van der Waals surface area contributed by atoms with Crippen LogP contribution in [0.15, 0.2) is 23.1 Å². The van der Waals surface area contributed by atoms with Gasteiger partial charge in [-0.1, -0.05) is 18.9 Å². The molecule has 2 aliphatic rings. The maximum atomic E-state index is 12.3. The first-order chi connectivity index (χ1) is 10.9. The molecule has 1 fully saturated rings. The number of amides is 2. The minimum absolute atomic E-state index is 0.0469. The van der Waals surface area contributed by atoms with Gasteiger partial charge >= 0.3 is 6.03 Å². The van der Waals surface area contributed by atoms with Gasteiger partial charge in [-0.2, -0.15) is 0 Å². The molecular formula is C16H23N3O3S. The first-order valence-electron chi connectivity index (χ1n) is 8.12. The number of hydrogen-bond donors (Lipinski definition) is 3. The molecule has 4 N–H and O–H groups in total. The van der Waals surface area contributed by atoms with E-state index < -0.39 is 16.1 Å². The first kappa shape index (κ1) is 16.3. The molecule has 1 aromatic carbocycles. The maximum Gasteiger partial charge on any atom is 0.328 e. The molecule has 0 bridgehead atoms. The fourth-order valence-electron chi connectivity index (χ4n) is 3.46. The molecule has 126 valence electrons. The third kappa shape index (κ3) is 3.84. The van der Waals surface area contributed by atoms with Crippen LogP contribution in [0.5, 0.6) is 0 Å².